The van der Waals surface area contributed by atoms with Gasteiger partial charge in [0.25, 0.3) is 0 Å². The first-order valence-electron chi connectivity index (χ1n) is 5.82. The maximum atomic E-state index is 11.6. The van der Waals surface area contributed by atoms with Crippen LogP contribution in [-0.4, -0.2) is 12.6 Å². The standard InChI is InChI=1S/C13H22O2/c1-5-15-12(14)10(2)11-7-6-8-13(3,4)9-11/h5-9H2,1-4H3. The van der Waals surface area contributed by atoms with Gasteiger partial charge in [0, 0.05) is 5.57 Å². The quantitative estimate of drug-likeness (QED) is 0.515. The van der Waals surface area contributed by atoms with Gasteiger partial charge in [-0.05, 0) is 44.9 Å². The Bertz CT molecular complexity index is 274. The molecule has 2 nitrogen and oxygen atoms in total. The summed E-state index contributed by atoms with van der Waals surface area (Å²) in [5, 5.41) is 0. The second-order valence-electron chi connectivity index (χ2n) is 5.14. The van der Waals surface area contributed by atoms with Gasteiger partial charge in [-0.25, -0.2) is 4.79 Å². The molecule has 0 aromatic carbocycles. The summed E-state index contributed by atoms with van der Waals surface area (Å²) in [5.41, 5.74) is 2.48. The number of hydrogen-bond acceptors (Lipinski definition) is 2. The summed E-state index contributed by atoms with van der Waals surface area (Å²) < 4.78 is 5.03. The average Bonchev–Trinajstić information content (AvgIpc) is 2.15. The van der Waals surface area contributed by atoms with Crippen LogP contribution in [-0.2, 0) is 9.53 Å². The van der Waals surface area contributed by atoms with E-state index in [9.17, 15) is 4.79 Å². The van der Waals surface area contributed by atoms with E-state index < -0.39 is 0 Å². The first kappa shape index (κ1) is 12.3. The molecule has 0 spiro atoms. The lowest BCUT2D eigenvalue weighted by Gasteiger charge is -2.32. The molecule has 1 saturated carbocycles. The molecule has 15 heavy (non-hydrogen) atoms. The third-order valence-electron chi connectivity index (χ3n) is 3.14. The van der Waals surface area contributed by atoms with E-state index in [2.05, 4.69) is 13.8 Å². The van der Waals surface area contributed by atoms with Crippen LogP contribution in [0.25, 0.3) is 0 Å². The van der Waals surface area contributed by atoms with E-state index in [1.54, 1.807) is 0 Å². The lowest BCUT2D eigenvalue weighted by molar-refractivity contribution is -0.138. The van der Waals surface area contributed by atoms with Crippen molar-refractivity contribution in [2.24, 2.45) is 5.41 Å². The second kappa shape index (κ2) is 4.82. The smallest absolute Gasteiger partial charge is 0.333 e. The van der Waals surface area contributed by atoms with E-state index in [0.29, 0.717) is 12.0 Å². The topological polar surface area (TPSA) is 26.3 Å². The Morgan fingerprint density at radius 1 is 1.47 bits per heavy atom. The third-order valence-corrected chi connectivity index (χ3v) is 3.14. The maximum Gasteiger partial charge on any atom is 0.333 e. The first-order valence-corrected chi connectivity index (χ1v) is 5.82. The molecule has 0 amide bonds. The molecule has 0 unspecified atom stereocenters. The highest BCUT2D eigenvalue weighted by molar-refractivity contribution is 5.88. The molecule has 0 heterocycles. The molecule has 1 aliphatic carbocycles. The molecule has 0 radical (unpaired) electrons. The number of carbonyl (C=O) groups is 1. The van der Waals surface area contributed by atoms with Crippen molar-refractivity contribution in [2.45, 2.75) is 53.4 Å². The van der Waals surface area contributed by atoms with Gasteiger partial charge >= 0.3 is 5.97 Å². The van der Waals surface area contributed by atoms with E-state index in [1.807, 2.05) is 13.8 Å². The van der Waals surface area contributed by atoms with Crippen molar-refractivity contribution in [2.75, 3.05) is 6.61 Å². The average molecular weight is 210 g/mol. The minimum atomic E-state index is -0.134. The second-order valence-corrected chi connectivity index (χ2v) is 5.14. The number of hydrogen-bond donors (Lipinski definition) is 0. The predicted molar refractivity (Wildman–Crippen MR) is 61.6 cm³/mol. The summed E-state index contributed by atoms with van der Waals surface area (Å²) in [5.74, 6) is -0.134. The maximum absolute atomic E-state index is 11.6. The van der Waals surface area contributed by atoms with Gasteiger partial charge in [0.05, 0.1) is 6.61 Å². The summed E-state index contributed by atoms with van der Waals surface area (Å²) in [6.45, 7) is 8.75. The van der Waals surface area contributed by atoms with Crippen molar-refractivity contribution in [3.8, 4) is 0 Å². The molecule has 0 aromatic rings. The van der Waals surface area contributed by atoms with Gasteiger partial charge in [-0.1, -0.05) is 19.4 Å². The third kappa shape index (κ3) is 3.37. The Morgan fingerprint density at radius 2 is 2.13 bits per heavy atom. The molecule has 86 valence electrons. The fraction of sp³-hybridized carbons (Fsp3) is 0.769. The highest BCUT2D eigenvalue weighted by Gasteiger charge is 2.26. The van der Waals surface area contributed by atoms with Crippen molar-refractivity contribution in [3.05, 3.63) is 11.1 Å². The Morgan fingerprint density at radius 3 is 2.67 bits per heavy atom. The predicted octanol–water partition coefficient (Wildman–Crippen LogP) is 3.47. The zero-order valence-electron chi connectivity index (χ0n) is 10.4. The summed E-state index contributed by atoms with van der Waals surface area (Å²) in [7, 11) is 0. The first-order chi connectivity index (χ1) is 6.96. The highest BCUT2D eigenvalue weighted by Crippen LogP contribution is 2.39. The van der Waals surface area contributed by atoms with Crippen LogP contribution in [0.5, 0.6) is 0 Å². The monoisotopic (exact) mass is 210 g/mol. The molecule has 1 rings (SSSR count). The molecule has 0 N–H and O–H groups in total. The minimum Gasteiger partial charge on any atom is -0.463 e. The Labute approximate surface area is 92.7 Å². The van der Waals surface area contributed by atoms with Gasteiger partial charge in [-0.3, -0.25) is 0 Å². The lowest BCUT2D eigenvalue weighted by Crippen LogP contribution is -2.19. The molecule has 1 aliphatic rings. The fourth-order valence-electron chi connectivity index (χ4n) is 2.24. The zero-order chi connectivity index (χ0) is 11.5. The number of ether oxygens (including phenoxy) is 1. The summed E-state index contributed by atoms with van der Waals surface area (Å²) in [6, 6.07) is 0. The van der Waals surface area contributed by atoms with Gasteiger partial charge in [0.2, 0.25) is 0 Å². The number of rotatable bonds is 2. The molecule has 0 aromatic heterocycles. The number of carbonyl (C=O) groups excluding carboxylic acids is 1. The SMILES string of the molecule is CCOC(=O)C(C)=C1CCCC(C)(C)C1. The van der Waals surface area contributed by atoms with Crippen molar-refractivity contribution in [3.63, 3.8) is 0 Å². The molecule has 0 saturated heterocycles. The molecule has 0 atom stereocenters. The van der Waals surface area contributed by atoms with Gasteiger partial charge < -0.3 is 4.74 Å². The van der Waals surface area contributed by atoms with Crippen molar-refractivity contribution < 1.29 is 9.53 Å². The van der Waals surface area contributed by atoms with E-state index in [0.717, 1.165) is 18.4 Å². The Kier molecular flexibility index (Phi) is 3.95. The van der Waals surface area contributed by atoms with Crippen molar-refractivity contribution >= 4 is 5.97 Å². The molecule has 1 fully saturated rings. The van der Waals surface area contributed by atoms with Gasteiger partial charge in [0.15, 0.2) is 0 Å². The van der Waals surface area contributed by atoms with Crippen LogP contribution in [0.2, 0.25) is 0 Å². The number of esters is 1. The summed E-state index contributed by atoms with van der Waals surface area (Å²) in [6.07, 6.45) is 4.55. The molecular weight excluding hydrogens is 188 g/mol. The van der Waals surface area contributed by atoms with E-state index in [-0.39, 0.29) is 5.97 Å². The van der Waals surface area contributed by atoms with Gasteiger partial charge in [-0.15, -0.1) is 0 Å². The van der Waals surface area contributed by atoms with Crippen LogP contribution in [0.1, 0.15) is 53.4 Å². The largest absolute Gasteiger partial charge is 0.463 e. The molecule has 0 aliphatic heterocycles. The molecule has 0 bridgehead atoms. The van der Waals surface area contributed by atoms with Crippen molar-refractivity contribution in [1.29, 1.82) is 0 Å². The Hall–Kier alpha value is -0.790. The molecule has 2 heteroatoms. The summed E-state index contributed by atoms with van der Waals surface area (Å²) >= 11 is 0. The summed E-state index contributed by atoms with van der Waals surface area (Å²) in [4.78, 5) is 11.6. The van der Waals surface area contributed by atoms with E-state index in [4.69, 9.17) is 4.74 Å². The van der Waals surface area contributed by atoms with Gasteiger partial charge in [-0.2, -0.15) is 0 Å². The highest BCUT2D eigenvalue weighted by atomic mass is 16.5. The number of allylic oxidation sites excluding steroid dienone is 1. The van der Waals surface area contributed by atoms with Crippen LogP contribution in [0.4, 0.5) is 0 Å². The van der Waals surface area contributed by atoms with Crippen LogP contribution in [0.15, 0.2) is 11.1 Å². The van der Waals surface area contributed by atoms with Crippen molar-refractivity contribution in [1.82, 2.24) is 0 Å². The normalized spacial score (nSPS) is 23.5. The van der Waals surface area contributed by atoms with Crippen LogP contribution in [0.3, 0.4) is 0 Å². The van der Waals surface area contributed by atoms with Crippen LogP contribution in [0, 0.1) is 5.41 Å². The van der Waals surface area contributed by atoms with Crippen LogP contribution < -0.4 is 0 Å². The van der Waals surface area contributed by atoms with Gasteiger partial charge in [0.1, 0.15) is 0 Å². The van der Waals surface area contributed by atoms with E-state index >= 15 is 0 Å². The van der Waals surface area contributed by atoms with E-state index in [1.165, 1.54) is 18.4 Å². The minimum absolute atomic E-state index is 0.134. The zero-order valence-corrected chi connectivity index (χ0v) is 10.4. The molecular formula is C13H22O2. The lowest BCUT2D eigenvalue weighted by atomic mass is 9.74. The van der Waals surface area contributed by atoms with Crippen LogP contribution >= 0.6 is 0 Å². The Balaban J connectivity index is 2.75. The fourth-order valence-corrected chi connectivity index (χ4v) is 2.24.